The lowest BCUT2D eigenvalue weighted by Crippen LogP contribution is -2.31. The number of halogens is 1. The highest BCUT2D eigenvalue weighted by Crippen LogP contribution is 2.44. The SMILES string of the molecule is CCn1ncc2c(NC3CCS(O)(O)CC3)c(C(=O)Nc3ccc(F)cc3)cnc21. The van der Waals surface area contributed by atoms with Gasteiger partial charge in [-0.05, 0) is 44.0 Å². The Balaban J connectivity index is 1.67. The Morgan fingerprint density at radius 3 is 2.60 bits per heavy atom. The van der Waals surface area contributed by atoms with Crippen molar-refractivity contribution in [3.63, 3.8) is 0 Å². The van der Waals surface area contributed by atoms with Crippen LogP contribution in [0.5, 0.6) is 0 Å². The number of nitrogens with zero attached hydrogens (tertiary/aromatic N) is 3. The molecule has 1 fully saturated rings. The maximum absolute atomic E-state index is 13.2. The van der Waals surface area contributed by atoms with Gasteiger partial charge in [-0.15, -0.1) is 0 Å². The average Bonchev–Trinajstić information content (AvgIpc) is 3.15. The predicted octanol–water partition coefficient (Wildman–Crippen LogP) is 4.17. The summed E-state index contributed by atoms with van der Waals surface area (Å²) in [5.74, 6) is -0.0781. The topological polar surface area (TPSA) is 112 Å². The van der Waals surface area contributed by atoms with Gasteiger partial charge < -0.3 is 10.6 Å². The molecule has 3 aromatic rings. The van der Waals surface area contributed by atoms with Crippen LogP contribution in [-0.2, 0) is 6.54 Å². The molecule has 0 unspecified atom stereocenters. The van der Waals surface area contributed by atoms with Crippen LogP contribution in [0.1, 0.15) is 30.1 Å². The fraction of sp³-hybridized carbons (Fsp3) is 0.350. The monoisotopic (exact) mass is 433 g/mol. The van der Waals surface area contributed by atoms with Crippen molar-refractivity contribution in [3.8, 4) is 0 Å². The first kappa shape index (κ1) is 20.6. The number of rotatable bonds is 5. The van der Waals surface area contributed by atoms with E-state index in [1.54, 1.807) is 10.9 Å². The Hall–Kier alpha value is -2.69. The predicted molar refractivity (Wildman–Crippen MR) is 117 cm³/mol. The lowest BCUT2D eigenvalue weighted by atomic mass is 10.1. The van der Waals surface area contributed by atoms with Crippen molar-refractivity contribution in [1.29, 1.82) is 0 Å². The molecule has 4 rings (SSSR count). The molecule has 1 aliphatic heterocycles. The van der Waals surface area contributed by atoms with Crippen LogP contribution in [-0.4, -0.2) is 47.3 Å². The maximum Gasteiger partial charge on any atom is 0.259 e. The molecule has 0 spiro atoms. The van der Waals surface area contributed by atoms with Crippen molar-refractivity contribution in [2.45, 2.75) is 32.4 Å². The molecule has 3 heterocycles. The summed E-state index contributed by atoms with van der Waals surface area (Å²) in [4.78, 5) is 17.4. The first-order chi connectivity index (χ1) is 14.4. The summed E-state index contributed by atoms with van der Waals surface area (Å²) in [5, 5.41) is 11.3. The van der Waals surface area contributed by atoms with Gasteiger partial charge in [0, 0.05) is 36.0 Å². The number of carbonyl (C=O) groups is 1. The third-order valence-corrected chi connectivity index (χ3v) is 7.03. The van der Waals surface area contributed by atoms with Crippen molar-refractivity contribution in [2.24, 2.45) is 0 Å². The molecule has 10 heteroatoms. The van der Waals surface area contributed by atoms with E-state index in [1.807, 2.05) is 6.92 Å². The first-order valence-corrected chi connectivity index (χ1v) is 11.7. The molecule has 30 heavy (non-hydrogen) atoms. The van der Waals surface area contributed by atoms with Crippen LogP contribution in [0.15, 0.2) is 36.7 Å². The number of aryl methyl sites for hydroxylation is 1. The molecule has 0 aliphatic carbocycles. The number of carbonyl (C=O) groups excluding carboxylic acids is 1. The van der Waals surface area contributed by atoms with Gasteiger partial charge in [0.05, 0.1) is 22.8 Å². The van der Waals surface area contributed by atoms with Crippen LogP contribution in [0.2, 0.25) is 0 Å². The molecule has 0 radical (unpaired) electrons. The van der Waals surface area contributed by atoms with E-state index in [-0.39, 0.29) is 17.8 Å². The van der Waals surface area contributed by atoms with Crippen molar-refractivity contribution >= 4 is 38.9 Å². The molecular formula is C20H24FN5O3S. The fourth-order valence-corrected chi connectivity index (χ4v) is 5.10. The van der Waals surface area contributed by atoms with Gasteiger partial charge in [-0.3, -0.25) is 13.9 Å². The minimum Gasteiger partial charge on any atom is -0.381 e. The van der Waals surface area contributed by atoms with Crippen molar-refractivity contribution < 1.29 is 18.3 Å². The summed E-state index contributed by atoms with van der Waals surface area (Å²) in [6, 6.07) is 5.54. The number of benzene rings is 1. The molecule has 1 amide bonds. The van der Waals surface area contributed by atoms with E-state index in [0.29, 0.717) is 53.5 Å². The minimum absolute atomic E-state index is 0.00197. The molecule has 1 aliphatic rings. The molecule has 1 aromatic carbocycles. The van der Waals surface area contributed by atoms with E-state index in [2.05, 4.69) is 20.7 Å². The minimum atomic E-state index is -2.50. The summed E-state index contributed by atoms with van der Waals surface area (Å²) >= 11 is 0. The second-order valence-electron chi connectivity index (χ2n) is 7.33. The highest BCUT2D eigenvalue weighted by atomic mass is 32.3. The van der Waals surface area contributed by atoms with Crippen LogP contribution in [0.4, 0.5) is 15.8 Å². The molecule has 8 nitrogen and oxygen atoms in total. The summed E-state index contributed by atoms with van der Waals surface area (Å²) in [5.41, 5.74) is 2.10. The van der Waals surface area contributed by atoms with Crippen molar-refractivity contribution in [1.82, 2.24) is 14.8 Å². The second kappa shape index (κ2) is 8.21. The molecular weight excluding hydrogens is 409 g/mol. The Morgan fingerprint density at radius 1 is 1.23 bits per heavy atom. The largest absolute Gasteiger partial charge is 0.381 e. The number of fused-ring (bicyclic) bond motifs is 1. The highest BCUT2D eigenvalue weighted by Gasteiger charge is 2.26. The van der Waals surface area contributed by atoms with E-state index in [4.69, 9.17) is 0 Å². The van der Waals surface area contributed by atoms with Crippen LogP contribution >= 0.6 is 10.6 Å². The molecule has 0 atom stereocenters. The first-order valence-electron chi connectivity index (χ1n) is 9.78. The van der Waals surface area contributed by atoms with Gasteiger partial charge in [0.15, 0.2) is 5.65 Å². The molecule has 2 aromatic heterocycles. The van der Waals surface area contributed by atoms with Crippen LogP contribution < -0.4 is 10.6 Å². The van der Waals surface area contributed by atoms with E-state index in [9.17, 15) is 18.3 Å². The van der Waals surface area contributed by atoms with Crippen molar-refractivity contribution in [2.75, 3.05) is 22.1 Å². The molecule has 0 bridgehead atoms. The van der Waals surface area contributed by atoms with Gasteiger partial charge in [0.2, 0.25) is 0 Å². The Kier molecular flexibility index (Phi) is 5.63. The van der Waals surface area contributed by atoms with Gasteiger partial charge in [-0.2, -0.15) is 15.7 Å². The Labute approximate surface area is 174 Å². The zero-order valence-corrected chi connectivity index (χ0v) is 17.3. The van der Waals surface area contributed by atoms with Crippen LogP contribution in [0.3, 0.4) is 0 Å². The normalized spacial score (nSPS) is 17.6. The number of hydrogen-bond donors (Lipinski definition) is 4. The third kappa shape index (κ3) is 4.25. The lowest BCUT2D eigenvalue weighted by molar-refractivity contribution is 0.102. The van der Waals surface area contributed by atoms with E-state index in [0.717, 1.165) is 5.39 Å². The van der Waals surface area contributed by atoms with Gasteiger partial charge >= 0.3 is 0 Å². The zero-order chi connectivity index (χ0) is 21.3. The quantitative estimate of drug-likeness (QED) is 0.481. The number of anilines is 2. The maximum atomic E-state index is 13.2. The van der Waals surface area contributed by atoms with Crippen molar-refractivity contribution in [3.05, 3.63) is 48.0 Å². The average molecular weight is 434 g/mol. The Morgan fingerprint density at radius 2 is 1.93 bits per heavy atom. The van der Waals surface area contributed by atoms with Gasteiger partial charge in [0.25, 0.3) is 5.91 Å². The van der Waals surface area contributed by atoms with Crippen LogP contribution in [0, 0.1) is 5.82 Å². The van der Waals surface area contributed by atoms with Gasteiger partial charge in [-0.25, -0.2) is 14.1 Å². The van der Waals surface area contributed by atoms with Crippen LogP contribution in [0.25, 0.3) is 11.0 Å². The molecule has 0 saturated carbocycles. The number of aromatic nitrogens is 3. The second-order valence-corrected chi connectivity index (χ2v) is 9.76. The third-order valence-electron chi connectivity index (χ3n) is 5.25. The van der Waals surface area contributed by atoms with E-state index < -0.39 is 10.6 Å². The number of nitrogens with one attached hydrogen (secondary N) is 2. The summed E-state index contributed by atoms with van der Waals surface area (Å²) in [6.07, 6.45) is 4.37. The highest BCUT2D eigenvalue weighted by molar-refractivity contribution is 8.24. The number of amides is 1. The smallest absolute Gasteiger partial charge is 0.259 e. The zero-order valence-electron chi connectivity index (χ0n) is 16.5. The Bertz CT molecular complexity index is 1060. The van der Waals surface area contributed by atoms with E-state index in [1.165, 1.54) is 30.5 Å². The van der Waals surface area contributed by atoms with Gasteiger partial charge in [-0.1, -0.05) is 0 Å². The molecule has 4 N–H and O–H groups in total. The standard InChI is InChI=1S/C20H24FN5O3S/c1-2-26-19-16(12-23-26)18(24-15-7-9-30(28,29)10-8-15)17(11-22-19)20(27)25-14-5-3-13(21)4-6-14/h3-6,11-12,15,28-29H,2,7-10H2,1H3,(H,22,24)(H,25,27). The summed E-state index contributed by atoms with van der Waals surface area (Å²) in [6.45, 7) is 2.60. The molecule has 160 valence electrons. The summed E-state index contributed by atoms with van der Waals surface area (Å²) < 4.78 is 34.7. The number of pyridine rings is 1. The van der Waals surface area contributed by atoms with E-state index >= 15 is 0 Å². The lowest BCUT2D eigenvalue weighted by Gasteiger charge is -2.39. The van der Waals surface area contributed by atoms with Gasteiger partial charge in [0.1, 0.15) is 5.82 Å². The molecule has 1 saturated heterocycles. The fourth-order valence-electron chi connectivity index (χ4n) is 3.57. The number of hydrogen-bond acceptors (Lipinski definition) is 6. The summed E-state index contributed by atoms with van der Waals surface area (Å²) in [7, 11) is -2.50.